The van der Waals surface area contributed by atoms with Crippen LogP contribution in [0.4, 0.5) is 5.69 Å². The number of nitrogens with one attached hydrogen (secondary N) is 1. The Morgan fingerprint density at radius 2 is 2.30 bits per heavy atom. The first-order valence-electron chi connectivity index (χ1n) is 5.75. The Labute approximate surface area is 130 Å². The van der Waals surface area contributed by atoms with Gasteiger partial charge in [0.2, 0.25) is 5.91 Å². The standard InChI is InChI=1S/C13H12Cl2N2O2S/c1-19-11-4-8(2-3-10(11)15)16-12(18)5-13-17-9(6-14)7-20-13/h2-4,7H,5-6H2,1H3,(H,16,18). The van der Waals surface area contributed by atoms with Gasteiger partial charge in [0.05, 0.1) is 30.1 Å². The molecule has 4 nitrogen and oxygen atoms in total. The van der Waals surface area contributed by atoms with Crippen molar-refractivity contribution in [2.75, 3.05) is 12.4 Å². The molecule has 0 aliphatic rings. The van der Waals surface area contributed by atoms with Crippen molar-refractivity contribution in [3.8, 4) is 5.75 Å². The predicted molar refractivity (Wildman–Crippen MR) is 82.0 cm³/mol. The van der Waals surface area contributed by atoms with Gasteiger partial charge in [-0.1, -0.05) is 11.6 Å². The molecular weight excluding hydrogens is 319 g/mol. The van der Waals surface area contributed by atoms with Crippen LogP contribution in [0.25, 0.3) is 0 Å². The van der Waals surface area contributed by atoms with Crippen LogP contribution in [0, 0.1) is 0 Å². The van der Waals surface area contributed by atoms with Crippen LogP contribution in [0.2, 0.25) is 5.02 Å². The highest BCUT2D eigenvalue weighted by Gasteiger charge is 2.09. The molecule has 2 aromatic rings. The monoisotopic (exact) mass is 330 g/mol. The van der Waals surface area contributed by atoms with E-state index in [1.54, 1.807) is 18.2 Å². The second kappa shape index (κ2) is 6.92. The summed E-state index contributed by atoms with van der Waals surface area (Å²) < 4.78 is 5.10. The Kier molecular flexibility index (Phi) is 5.23. The maximum atomic E-state index is 11.9. The molecule has 0 atom stereocenters. The van der Waals surface area contributed by atoms with Gasteiger partial charge in [0.25, 0.3) is 0 Å². The SMILES string of the molecule is COc1cc(NC(=O)Cc2nc(CCl)cs2)ccc1Cl. The van der Waals surface area contributed by atoms with Crippen LogP contribution >= 0.6 is 34.5 Å². The highest BCUT2D eigenvalue weighted by atomic mass is 35.5. The summed E-state index contributed by atoms with van der Waals surface area (Å²) in [5.41, 5.74) is 1.41. The van der Waals surface area contributed by atoms with Crippen molar-refractivity contribution in [3.05, 3.63) is 39.3 Å². The highest BCUT2D eigenvalue weighted by molar-refractivity contribution is 7.09. The topological polar surface area (TPSA) is 51.2 Å². The van der Waals surface area contributed by atoms with Gasteiger partial charge in [0.15, 0.2) is 0 Å². The zero-order chi connectivity index (χ0) is 14.5. The first kappa shape index (κ1) is 15.1. The number of aromatic nitrogens is 1. The van der Waals surface area contributed by atoms with E-state index in [9.17, 15) is 4.79 Å². The number of ether oxygens (including phenoxy) is 1. The van der Waals surface area contributed by atoms with Crippen LogP contribution in [0.1, 0.15) is 10.7 Å². The van der Waals surface area contributed by atoms with E-state index < -0.39 is 0 Å². The number of nitrogens with zero attached hydrogens (tertiary/aromatic N) is 1. The minimum atomic E-state index is -0.148. The third-order valence-electron chi connectivity index (χ3n) is 2.48. The molecule has 0 bridgehead atoms. The summed E-state index contributed by atoms with van der Waals surface area (Å²) >= 11 is 13.0. The number of alkyl halides is 1. The van der Waals surface area contributed by atoms with Crippen LogP contribution in [0.5, 0.6) is 5.75 Å². The lowest BCUT2D eigenvalue weighted by Gasteiger charge is -2.07. The van der Waals surface area contributed by atoms with Crippen molar-refractivity contribution < 1.29 is 9.53 Å². The highest BCUT2D eigenvalue weighted by Crippen LogP contribution is 2.27. The second-order valence-electron chi connectivity index (χ2n) is 3.94. The van der Waals surface area contributed by atoms with E-state index in [1.807, 2.05) is 5.38 Å². The van der Waals surface area contributed by atoms with Gasteiger partial charge in [-0.2, -0.15) is 0 Å². The zero-order valence-electron chi connectivity index (χ0n) is 10.7. The third-order valence-corrected chi connectivity index (χ3v) is 3.97. The van der Waals surface area contributed by atoms with Gasteiger partial charge < -0.3 is 10.1 Å². The summed E-state index contributed by atoms with van der Waals surface area (Å²) in [5.74, 6) is 0.722. The van der Waals surface area contributed by atoms with Gasteiger partial charge >= 0.3 is 0 Å². The van der Waals surface area contributed by atoms with Crippen molar-refractivity contribution >= 4 is 46.1 Å². The Balaban J connectivity index is 2.00. The fourth-order valence-electron chi connectivity index (χ4n) is 1.57. The smallest absolute Gasteiger partial charge is 0.231 e. The van der Waals surface area contributed by atoms with Gasteiger partial charge in [0, 0.05) is 17.1 Å². The Hall–Kier alpha value is -1.30. The summed E-state index contributed by atoms with van der Waals surface area (Å²) in [7, 11) is 1.52. The molecule has 0 radical (unpaired) electrons. The lowest BCUT2D eigenvalue weighted by molar-refractivity contribution is -0.115. The molecule has 0 spiro atoms. The fraction of sp³-hybridized carbons (Fsp3) is 0.231. The molecule has 2 rings (SSSR count). The molecule has 0 fully saturated rings. The van der Waals surface area contributed by atoms with Crippen molar-refractivity contribution in [2.24, 2.45) is 0 Å². The van der Waals surface area contributed by atoms with Crippen LogP contribution in [0.3, 0.4) is 0 Å². The number of halogens is 2. The van der Waals surface area contributed by atoms with Crippen molar-refractivity contribution in [3.63, 3.8) is 0 Å². The number of benzene rings is 1. The largest absolute Gasteiger partial charge is 0.495 e. The molecule has 0 aliphatic carbocycles. The van der Waals surface area contributed by atoms with E-state index in [1.165, 1.54) is 18.4 Å². The quantitative estimate of drug-likeness (QED) is 0.850. The minimum Gasteiger partial charge on any atom is -0.495 e. The van der Waals surface area contributed by atoms with Crippen LogP contribution in [-0.2, 0) is 17.1 Å². The third kappa shape index (κ3) is 3.85. The van der Waals surface area contributed by atoms with Gasteiger partial charge in [-0.25, -0.2) is 4.98 Å². The number of hydrogen-bond donors (Lipinski definition) is 1. The number of anilines is 1. The second-order valence-corrected chi connectivity index (χ2v) is 5.56. The molecule has 7 heteroatoms. The van der Waals surface area contributed by atoms with Crippen molar-refractivity contribution in [2.45, 2.75) is 12.3 Å². The van der Waals surface area contributed by atoms with Crippen LogP contribution < -0.4 is 10.1 Å². The molecule has 106 valence electrons. The molecule has 1 amide bonds. The van der Waals surface area contributed by atoms with Gasteiger partial charge in [-0.05, 0) is 12.1 Å². The molecule has 1 aromatic carbocycles. The van der Waals surface area contributed by atoms with E-state index in [4.69, 9.17) is 27.9 Å². The van der Waals surface area contributed by atoms with E-state index in [0.717, 1.165) is 10.7 Å². The number of carbonyl (C=O) groups excluding carboxylic acids is 1. The average Bonchev–Trinajstić information content (AvgIpc) is 2.88. The summed E-state index contributed by atoms with van der Waals surface area (Å²) in [6.07, 6.45) is 0.215. The van der Waals surface area contributed by atoms with Crippen LogP contribution in [0.15, 0.2) is 23.6 Å². The van der Waals surface area contributed by atoms with Crippen molar-refractivity contribution in [1.29, 1.82) is 0 Å². The maximum absolute atomic E-state index is 11.9. The lowest BCUT2D eigenvalue weighted by atomic mass is 10.3. The molecule has 0 saturated carbocycles. The maximum Gasteiger partial charge on any atom is 0.231 e. The van der Waals surface area contributed by atoms with Gasteiger partial charge in [-0.15, -0.1) is 22.9 Å². The molecule has 1 aromatic heterocycles. The Morgan fingerprint density at radius 3 is 2.95 bits per heavy atom. The summed E-state index contributed by atoms with van der Waals surface area (Å²) in [4.78, 5) is 16.2. The number of thiazole rings is 1. The summed E-state index contributed by atoms with van der Waals surface area (Å²) in [6, 6.07) is 5.06. The average molecular weight is 331 g/mol. The van der Waals surface area contributed by atoms with Gasteiger partial charge in [-0.3, -0.25) is 4.79 Å². The van der Waals surface area contributed by atoms with E-state index >= 15 is 0 Å². The molecule has 1 N–H and O–H groups in total. The molecule has 0 aliphatic heterocycles. The molecule has 20 heavy (non-hydrogen) atoms. The Bertz CT molecular complexity index is 616. The first-order chi connectivity index (χ1) is 9.62. The van der Waals surface area contributed by atoms with E-state index in [2.05, 4.69) is 10.3 Å². The number of carbonyl (C=O) groups is 1. The fourth-order valence-corrected chi connectivity index (χ4v) is 2.79. The first-order valence-corrected chi connectivity index (χ1v) is 7.54. The summed E-state index contributed by atoms with van der Waals surface area (Å²) in [5, 5.41) is 5.86. The van der Waals surface area contributed by atoms with Gasteiger partial charge in [0.1, 0.15) is 10.8 Å². The Morgan fingerprint density at radius 1 is 1.50 bits per heavy atom. The number of amides is 1. The number of hydrogen-bond acceptors (Lipinski definition) is 4. The molecular formula is C13H12Cl2N2O2S. The van der Waals surface area contributed by atoms with Crippen molar-refractivity contribution in [1.82, 2.24) is 4.98 Å². The number of methoxy groups -OCH3 is 1. The van der Waals surface area contributed by atoms with Crippen LogP contribution in [-0.4, -0.2) is 18.0 Å². The molecule has 0 unspecified atom stereocenters. The predicted octanol–water partition coefficient (Wildman–Crippen LogP) is 3.73. The normalized spacial score (nSPS) is 10.3. The minimum absolute atomic E-state index is 0.148. The zero-order valence-corrected chi connectivity index (χ0v) is 13.0. The van der Waals surface area contributed by atoms with E-state index in [0.29, 0.717) is 22.3 Å². The summed E-state index contributed by atoms with van der Waals surface area (Å²) in [6.45, 7) is 0. The van der Waals surface area contributed by atoms with E-state index in [-0.39, 0.29) is 12.3 Å². The lowest BCUT2D eigenvalue weighted by Crippen LogP contribution is -2.14. The molecule has 1 heterocycles. The molecule has 0 saturated heterocycles. The number of rotatable bonds is 5.